The number of sulfonamides is 1. The predicted octanol–water partition coefficient (Wildman–Crippen LogP) is 5.13. The van der Waals surface area contributed by atoms with E-state index in [2.05, 4.69) is 10.2 Å². The lowest BCUT2D eigenvalue weighted by atomic mass is 9.95. The SMILES string of the molecule is CCN(C1CCCCC1)S(=O)(=O)c1ccccc1N=Nc1c(N)ccc2cc(S(=O)(=O)O)cc(O)c12. The van der Waals surface area contributed by atoms with Crippen molar-refractivity contribution in [2.75, 3.05) is 12.3 Å². The Kier molecular flexibility index (Phi) is 7.32. The molecule has 4 N–H and O–H groups in total. The smallest absolute Gasteiger partial charge is 0.294 e. The van der Waals surface area contributed by atoms with E-state index < -0.39 is 30.8 Å². The molecular formula is C24H28N4O6S2. The molecule has 1 saturated carbocycles. The predicted molar refractivity (Wildman–Crippen MR) is 137 cm³/mol. The van der Waals surface area contributed by atoms with Gasteiger partial charge in [0.25, 0.3) is 10.1 Å². The van der Waals surface area contributed by atoms with Crippen LogP contribution in [-0.4, -0.2) is 43.4 Å². The van der Waals surface area contributed by atoms with Gasteiger partial charge in [0.2, 0.25) is 10.0 Å². The number of nitrogen functional groups attached to an aromatic ring is 1. The van der Waals surface area contributed by atoms with Crippen molar-refractivity contribution < 1.29 is 26.5 Å². The molecule has 3 aromatic carbocycles. The number of hydrogen-bond acceptors (Lipinski definition) is 8. The van der Waals surface area contributed by atoms with Gasteiger partial charge in [-0.05, 0) is 42.5 Å². The molecule has 0 aliphatic heterocycles. The van der Waals surface area contributed by atoms with Crippen LogP contribution in [0.25, 0.3) is 10.8 Å². The summed E-state index contributed by atoms with van der Waals surface area (Å²) in [7, 11) is -8.42. The molecule has 1 aliphatic rings. The molecule has 10 nitrogen and oxygen atoms in total. The lowest BCUT2D eigenvalue weighted by molar-refractivity contribution is 0.261. The van der Waals surface area contributed by atoms with Gasteiger partial charge in [-0.3, -0.25) is 4.55 Å². The average Bonchev–Trinajstić information content (AvgIpc) is 2.84. The largest absolute Gasteiger partial charge is 0.507 e. The van der Waals surface area contributed by atoms with Crippen LogP contribution in [0.2, 0.25) is 0 Å². The number of hydrogen-bond donors (Lipinski definition) is 3. The maximum Gasteiger partial charge on any atom is 0.294 e. The van der Waals surface area contributed by atoms with Crippen molar-refractivity contribution >= 4 is 48.0 Å². The number of phenols is 1. The lowest BCUT2D eigenvalue weighted by Gasteiger charge is -2.32. The van der Waals surface area contributed by atoms with Crippen LogP contribution in [-0.2, 0) is 20.1 Å². The molecule has 3 aromatic rings. The zero-order valence-corrected chi connectivity index (χ0v) is 21.3. The van der Waals surface area contributed by atoms with Gasteiger partial charge in [-0.15, -0.1) is 10.2 Å². The Labute approximate surface area is 210 Å². The Morgan fingerprint density at radius 3 is 2.36 bits per heavy atom. The monoisotopic (exact) mass is 532 g/mol. The molecule has 0 atom stereocenters. The summed E-state index contributed by atoms with van der Waals surface area (Å²) in [6.07, 6.45) is 4.70. The molecule has 0 unspecified atom stereocenters. The van der Waals surface area contributed by atoms with E-state index in [1.54, 1.807) is 12.1 Å². The van der Waals surface area contributed by atoms with Gasteiger partial charge in [0.1, 0.15) is 22.0 Å². The molecule has 0 spiro atoms. The van der Waals surface area contributed by atoms with Crippen LogP contribution in [0.15, 0.2) is 68.6 Å². The summed E-state index contributed by atoms with van der Waals surface area (Å²) in [5.74, 6) is -0.475. The van der Waals surface area contributed by atoms with E-state index >= 15 is 0 Å². The highest BCUT2D eigenvalue weighted by Gasteiger charge is 2.32. The molecular weight excluding hydrogens is 504 g/mol. The van der Waals surface area contributed by atoms with Gasteiger partial charge in [0.05, 0.1) is 16.0 Å². The van der Waals surface area contributed by atoms with Crippen molar-refractivity contribution in [2.45, 2.75) is 54.9 Å². The fourth-order valence-corrected chi connectivity index (χ4v) is 7.01. The van der Waals surface area contributed by atoms with Crippen LogP contribution in [0.5, 0.6) is 5.75 Å². The summed E-state index contributed by atoms with van der Waals surface area (Å²) in [6.45, 7) is 2.15. The number of anilines is 1. The number of nitrogens with zero attached hydrogens (tertiary/aromatic N) is 3. The van der Waals surface area contributed by atoms with E-state index in [0.29, 0.717) is 6.54 Å². The van der Waals surface area contributed by atoms with Gasteiger partial charge >= 0.3 is 0 Å². The Morgan fingerprint density at radius 1 is 1.00 bits per heavy atom. The molecule has 0 amide bonds. The summed E-state index contributed by atoms with van der Waals surface area (Å²) in [5, 5.41) is 19.2. The first-order valence-electron chi connectivity index (χ1n) is 11.6. The fraction of sp³-hybridized carbons (Fsp3) is 0.333. The Balaban J connectivity index is 1.79. The Bertz CT molecular complexity index is 1530. The van der Waals surface area contributed by atoms with Crippen LogP contribution in [0.3, 0.4) is 0 Å². The van der Waals surface area contributed by atoms with E-state index in [0.717, 1.165) is 38.2 Å². The zero-order valence-electron chi connectivity index (χ0n) is 19.7. The van der Waals surface area contributed by atoms with Gasteiger partial charge in [0, 0.05) is 18.7 Å². The number of nitrogens with two attached hydrogens (primary N) is 1. The average molecular weight is 533 g/mol. The minimum absolute atomic E-state index is 0.0119. The van der Waals surface area contributed by atoms with E-state index in [9.17, 15) is 26.5 Å². The number of azo groups is 1. The normalized spacial score (nSPS) is 15.8. The molecule has 0 radical (unpaired) electrons. The van der Waals surface area contributed by atoms with E-state index in [4.69, 9.17) is 5.73 Å². The molecule has 0 saturated heterocycles. The molecule has 12 heteroatoms. The minimum Gasteiger partial charge on any atom is -0.507 e. The standard InChI is InChI=1S/C24H28N4O6S2/c1-2-28(17-8-4-3-5-9-17)35(30,31)22-11-7-6-10-20(22)26-27-24-19(25)13-12-16-14-18(36(32,33)34)15-21(29)23(16)24/h6-7,10-15,17,29H,2-5,8-9,25H2,1H3,(H,32,33,34). The molecule has 36 heavy (non-hydrogen) atoms. The number of aromatic hydroxyl groups is 1. The molecule has 0 aromatic heterocycles. The van der Waals surface area contributed by atoms with Gasteiger partial charge < -0.3 is 10.8 Å². The van der Waals surface area contributed by atoms with Gasteiger partial charge in [0.15, 0.2) is 0 Å². The van der Waals surface area contributed by atoms with E-state index in [1.165, 1.54) is 34.6 Å². The first-order chi connectivity index (χ1) is 17.0. The maximum absolute atomic E-state index is 13.6. The van der Waals surface area contributed by atoms with E-state index in [-0.39, 0.29) is 38.8 Å². The Morgan fingerprint density at radius 2 is 1.69 bits per heavy atom. The van der Waals surface area contributed by atoms with Crippen molar-refractivity contribution in [2.24, 2.45) is 10.2 Å². The van der Waals surface area contributed by atoms with Crippen LogP contribution in [0.4, 0.5) is 17.1 Å². The first kappa shape index (κ1) is 26.0. The summed E-state index contributed by atoms with van der Waals surface area (Å²) < 4.78 is 61.2. The molecule has 0 heterocycles. The number of fused-ring (bicyclic) bond motifs is 1. The third kappa shape index (κ3) is 5.07. The fourth-order valence-electron chi connectivity index (χ4n) is 4.65. The second-order valence-electron chi connectivity index (χ2n) is 8.69. The van der Waals surface area contributed by atoms with Crippen molar-refractivity contribution in [3.63, 3.8) is 0 Å². The van der Waals surface area contributed by atoms with Gasteiger partial charge in [-0.1, -0.05) is 44.4 Å². The third-order valence-electron chi connectivity index (χ3n) is 6.38. The second-order valence-corrected chi connectivity index (χ2v) is 12.0. The van der Waals surface area contributed by atoms with E-state index in [1.807, 2.05) is 6.92 Å². The highest BCUT2D eigenvalue weighted by atomic mass is 32.2. The molecule has 4 rings (SSSR count). The zero-order chi connectivity index (χ0) is 26.1. The van der Waals surface area contributed by atoms with Crippen LogP contribution < -0.4 is 5.73 Å². The van der Waals surface area contributed by atoms with Crippen LogP contribution >= 0.6 is 0 Å². The summed E-state index contributed by atoms with van der Waals surface area (Å²) >= 11 is 0. The highest BCUT2D eigenvalue weighted by Crippen LogP contribution is 2.41. The second kappa shape index (κ2) is 10.1. The Hall–Kier alpha value is -3.06. The quantitative estimate of drug-likeness (QED) is 0.216. The van der Waals surface area contributed by atoms with Crippen molar-refractivity contribution in [3.8, 4) is 5.75 Å². The summed E-state index contributed by atoms with van der Waals surface area (Å²) in [4.78, 5) is -0.475. The topological polar surface area (TPSA) is 163 Å². The number of rotatable bonds is 7. The van der Waals surface area contributed by atoms with Gasteiger partial charge in [-0.2, -0.15) is 12.7 Å². The molecule has 1 fully saturated rings. The molecule has 1 aliphatic carbocycles. The first-order valence-corrected chi connectivity index (χ1v) is 14.5. The summed E-state index contributed by atoms with van der Waals surface area (Å²) in [6, 6.07) is 11.2. The minimum atomic E-state index is -4.55. The van der Waals surface area contributed by atoms with Crippen molar-refractivity contribution in [1.82, 2.24) is 4.31 Å². The van der Waals surface area contributed by atoms with Crippen molar-refractivity contribution in [1.29, 1.82) is 0 Å². The van der Waals surface area contributed by atoms with Crippen LogP contribution in [0.1, 0.15) is 39.0 Å². The lowest BCUT2D eigenvalue weighted by Crippen LogP contribution is -2.41. The van der Waals surface area contributed by atoms with Crippen molar-refractivity contribution in [3.05, 3.63) is 48.5 Å². The number of phenolic OH excluding ortho intramolecular Hbond substituents is 1. The maximum atomic E-state index is 13.6. The van der Waals surface area contributed by atoms with Gasteiger partial charge in [-0.25, -0.2) is 8.42 Å². The summed E-state index contributed by atoms with van der Waals surface area (Å²) in [5.41, 5.74) is 6.36. The number of benzene rings is 3. The third-order valence-corrected chi connectivity index (χ3v) is 9.28. The molecule has 0 bridgehead atoms. The highest BCUT2D eigenvalue weighted by molar-refractivity contribution is 7.89. The molecule has 192 valence electrons. The van der Waals surface area contributed by atoms with Crippen LogP contribution in [0, 0.1) is 0 Å².